The number of amides is 4. The van der Waals surface area contributed by atoms with E-state index in [-0.39, 0.29) is 18.1 Å². The number of nitrogens with one attached hydrogen (secondary N) is 1. The number of hydrogen-bond donors (Lipinski definition) is 1. The molecule has 2 aromatic carbocycles. The van der Waals surface area contributed by atoms with E-state index >= 15 is 0 Å². The van der Waals surface area contributed by atoms with E-state index in [2.05, 4.69) is 36.5 Å². The molecule has 32 heavy (non-hydrogen) atoms. The first-order valence-electron chi connectivity index (χ1n) is 10.9. The largest absolute Gasteiger partial charge is 0.495 e. The molecular weight excluding hydrogens is 428 g/mol. The minimum atomic E-state index is -0.183. The second-order valence-corrected chi connectivity index (χ2v) is 8.81. The zero-order valence-electron chi connectivity index (χ0n) is 18.5. The zero-order valence-corrected chi connectivity index (χ0v) is 19.3. The SMILES string of the molecule is COc1ccc(Cl)cc1NC(=O)N1CCC(N2CCN(Cc3ccc(C)cc3)C2=O)CC1. The number of likely N-dealkylation sites (tertiary alicyclic amines) is 1. The van der Waals surface area contributed by atoms with E-state index in [1.54, 1.807) is 30.2 Å². The average Bonchev–Trinajstić information content (AvgIpc) is 3.15. The van der Waals surface area contributed by atoms with Crippen LogP contribution in [0.15, 0.2) is 42.5 Å². The molecule has 170 valence electrons. The maximum absolute atomic E-state index is 13.0. The molecule has 0 atom stereocenters. The van der Waals surface area contributed by atoms with Crippen LogP contribution in [0.1, 0.15) is 24.0 Å². The van der Waals surface area contributed by atoms with Gasteiger partial charge in [0.25, 0.3) is 0 Å². The number of methoxy groups -OCH3 is 1. The molecule has 0 unspecified atom stereocenters. The summed E-state index contributed by atoms with van der Waals surface area (Å²) in [5.41, 5.74) is 2.91. The second-order valence-electron chi connectivity index (χ2n) is 8.38. The van der Waals surface area contributed by atoms with Gasteiger partial charge in [-0.15, -0.1) is 0 Å². The predicted molar refractivity (Wildman–Crippen MR) is 125 cm³/mol. The molecule has 0 bridgehead atoms. The topological polar surface area (TPSA) is 65.1 Å². The monoisotopic (exact) mass is 456 g/mol. The third-order valence-electron chi connectivity index (χ3n) is 6.22. The smallest absolute Gasteiger partial charge is 0.321 e. The van der Waals surface area contributed by atoms with Crippen LogP contribution in [0.25, 0.3) is 0 Å². The van der Waals surface area contributed by atoms with Gasteiger partial charge in [0.1, 0.15) is 5.75 Å². The highest BCUT2D eigenvalue weighted by atomic mass is 35.5. The van der Waals surface area contributed by atoms with Gasteiger partial charge in [0.05, 0.1) is 12.8 Å². The fourth-order valence-corrected chi connectivity index (χ4v) is 4.53. The molecule has 7 nitrogen and oxygen atoms in total. The fourth-order valence-electron chi connectivity index (χ4n) is 4.35. The Bertz CT molecular complexity index is 974. The molecule has 1 N–H and O–H groups in total. The minimum absolute atomic E-state index is 0.0946. The number of aryl methyl sites for hydroxylation is 1. The zero-order chi connectivity index (χ0) is 22.7. The summed E-state index contributed by atoms with van der Waals surface area (Å²) >= 11 is 6.06. The van der Waals surface area contributed by atoms with Gasteiger partial charge in [-0.2, -0.15) is 0 Å². The number of anilines is 1. The Morgan fingerprint density at radius 3 is 2.50 bits per heavy atom. The van der Waals surface area contributed by atoms with Crippen LogP contribution < -0.4 is 10.1 Å². The summed E-state index contributed by atoms with van der Waals surface area (Å²) < 4.78 is 5.30. The molecular formula is C24H29ClN4O3. The number of carbonyl (C=O) groups excluding carboxylic acids is 2. The van der Waals surface area contributed by atoms with Crippen molar-refractivity contribution in [2.45, 2.75) is 32.4 Å². The molecule has 2 saturated heterocycles. The van der Waals surface area contributed by atoms with Crippen LogP contribution in [0.2, 0.25) is 5.02 Å². The molecule has 0 radical (unpaired) electrons. The second kappa shape index (κ2) is 9.69. The highest BCUT2D eigenvalue weighted by molar-refractivity contribution is 6.31. The lowest BCUT2D eigenvalue weighted by Crippen LogP contribution is -2.49. The van der Waals surface area contributed by atoms with Crippen molar-refractivity contribution in [3.8, 4) is 5.75 Å². The molecule has 2 fully saturated rings. The average molecular weight is 457 g/mol. The summed E-state index contributed by atoms with van der Waals surface area (Å²) in [5, 5.41) is 3.42. The van der Waals surface area contributed by atoms with Gasteiger partial charge in [-0.1, -0.05) is 41.4 Å². The summed E-state index contributed by atoms with van der Waals surface area (Å²) in [6.07, 6.45) is 1.54. The first-order valence-corrected chi connectivity index (χ1v) is 11.3. The number of benzene rings is 2. The van der Waals surface area contributed by atoms with E-state index < -0.39 is 0 Å². The van der Waals surface area contributed by atoms with E-state index in [4.69, 9.17) is 16.3 Å². The third kappa shape index (κ3) is 4.93. The van der Waals surface area contributed by atoms with Gasteiger partial charge in [0.15, 0.2) is 0 Å². The van der Waals surface area contributed by atoms with Crippen molar-refractivity contribution in [3.63, 3.8) is 0 Å². The van der Waals surface area contributed by atoms with Crippen LogP contribution in [0.3, 0.4) is 0 Å². The summed E-state index contributed by atoms with van der Waals surface area (Å²) in [6.45, 7) is 5.37. The van der Waals surface area contributed by atoms with E-state index in [1.807, 2.05) is 9.80 Å². The van der Waals surface area contributed by atoms with Crippen molar-refractivity contribution < 1.29 is 14.3 Å². The molecule has 0 aliphatic carbocycles. The number of rotatable bonds is 5. The first-order chi connectivity index (χ1) is 15.4. The number of carbonyl (C=O) groups is 2. The molecule has 4 rings (SSSR count). The lowest BCUT2D eigenvalue weighted by atomic mass is 10.0. The number of ether oxygens (including phenoxy) is 1. The predicted octanol–water partition coefficient (Wildman–Crippen LogP) is 4.59. The Hall–Kier alpha value is -2.93. The molecule has 2 aromatic rings. The minimum Gasteiger partial charge on any atom is -0.495 e. The first kappa shape index (κ1) is 22.3. The van der Waals surface area contributed by atoms with Crippen LogP contribution in [0, 0.1) is 6.92 Å². The Morgan fingerprint density at radius 1 is 1.09 bits per heavy atom. The Morgan fingerprint density at radius 2 is 1.81 bits per heavy atom. The molecule has 4 amide bonds. The summed E-state index contributed by atoms with van der Waals surface area (Å²) in [5.74, 6) is 0.564. The Kier molecular flexibility index (Phi) is 6.74. The summed E-state index contributed by atoms with van der Waals surface area (Å²) in [6, 6.07) is 13.5. The molecule has 0 spiro atoms. The normalized spacial score (nSPS) is 17.1. The quantitative estimate of drug-likeness (QED) is 0.715. The van der Waals surface area contributed by atoms with Crippen LogP contribution in [-0.4, -0.2) is 66.1 Å². The number of urea groups is 2. The standard InChI is InChI=1S/C24H29ClN4O3/c1-17-3-5-18(6-4-17)16-28-13-14-29(24(28)31)20-9-11-27(12-10-20)23(30)26-21-15-19(25)7-8-22(21)32-2/h3-8,15,20H,9-14,16H2,1-2H3,(H,26,30). The fraction of sp³-hybridized carbons (Fsp3) is 0.417. The van der Waals surface area contributed by atoms with Crippen LogP contribution in [0.5, 0.6) is 5.75 Å². The number of nitrogens with zero attached hydrogens (tertiary/aromatic N) is 3. The van der Waals surface area contributed by atoms with Crippen LogP contribution in [0.4, 0.5) is 15.3 Å². The van der Waals surface area contributed by atoms with Gasteiger partial charge in [-0.05, 0) is 43.5 Å². The van der Waals surface area contributed by atoms with Gasteiger partial charge in [-0.25, -0.2) is 9.59 Å². The highest BCUT2D eigenvalue weighted by Gasteiger charge is 2.36. The summed E-state index contributed by atoms with van der Waals surface area (Å²) in [4.78, 5) is 31.4. The maximum atomic E-state index is 13.0. The lowest BCUT2D eigenvalue weighted by molar-refractivity contribution is 0.139. The molecule has 2 aliphatic heterocycles. The van der Waals surface area contributed by atoms with Crippen molar-refractivity contribution in [2.24, 2.45) is 0 Å². The van der Waals surface area contributed by atoms with Crippen molar-refractivity contribution in [1.82, 2.24) is 14.7 Å². The van der Waals surface area contributed by atoms with Crippen LogP contribution in [-0.2, 0) is 6.54 Å². The van der Waals surface area contributed by atoms with E-state index in [9.17, 15) is 9.59 Å². The van der Waals surface area contributed by atoms with Gasteiger partial charge in [-0.3, -0.25) is 0 Å². The maximum Gasteiger partial charge on any atom is 0.321 e. The van der Waals surface area contributed by atoms with Crippen molar-refractivity contribution >= 4 is 29.4 Å². The lowest BCUT2D eigenvalue weighted by Gasteiger charge is -2.36. The van der Waals surface area contributed by atoms with Gasteiger partial charge in [0.2, 0.25) is 0 Å². The van der Waals surface area contributed by atoms with Crippen LogP contribution >= 0.6 is 11.6 Å². The van der Waals surface area contributed by atoms with Gasteiger partial charge in [0, 0.05) is 43.8 Å². The molecule has 8 heteroatoms. The van der Waals surface area contributed by atoms with Crippen molar-refractivity contribution in [2.75, 3.05) is 38.6 Å². The van der Waals surface area contributed by atoms with Gasteiger partial charge >= 0.3 is 12.1 Å². The molecule has 2 heterocycles. The van der Waals surface area contributed by atoms with E-state index in [0.29, 0.717) is 36.1 Å². The molecule has 0 saturated carbocycles. The Labute approximate surface area is 193 Å². The van der Waals surface area contributed by atoms with Gasteiger partial charge < -0.3 is 24.8 Å². The molecule has 2 aliphatic rings. The number of halogens is 1. The number of piperidine rings is 1. The summed E-state index contributed by atoms with van der Waals surface area (Å²) in [7, 11) is 1.56. The van der Waals surface area contributed by atoms with E-state index in [0.717, 1.165) is 31.5 Å². The third-order valence-corrected chi connectivity index (χ3v) is 6.45. The Balaban J connectivity index is 1.30. The van der Waals surface area contributed by atoms with Crippen molar-refractivity contribution in [3.05, 3.63) is 58.6 Å². The van der Waals surface area contributed by atoms with E-state index in [1.165, 1.54) is 5.56 Å². The molecule has 0 aromatic heterocycles. The number of hydrogen-bond acceptors (Lipinski definition) is 3. The highest BCUT2D eigenvalue weighted by Crippen LogP contribution is 2.29. The van der Waals surface area contributed by atoms with Crippen molar-refractivity contribution in [1.29, 1.82) is 0 Å².